The lowest BCUT2D eigenvalue weighted by Gasteiger charge is -2.32. The zero-order chi connectivity index (χ0) is 12.6. The molecule has 1 aromatic carbocycles. The highest BCUT2D eigenvalue weighted by atomic mass is 35.6. The van der Waals surface area contributed by atoms with Gasteiger partial charge in [0.15, 0.2) is 6.61 Å². The van der Waals surface area contributed by atoms with Crippen LogP contribution in [0.5, 0.6) is 5.75 Å². The van der Waals surface area contributed by atoms with E-state index in [1.165, 1.54) is 0 Å². The van der Waals surface area contributed by atoms with E-state index >= 15 is 0 Å². The van der Waals surface area contributed by atoms with E-state index in [2.05, 4.69) is 0 Å². The minimum atomic E-state index is -1.74. The number of nitrogens with zero attached hydrogens (tertiary/aromatic N) is 1. The molecule has 0 saturated carbocycles. The second-order valence-corrected chi connectivity index (χ2v) is 6.09. The summed E-state index contributed by atoms with van der Waals surface area (Å²) in [7, 11) is 0. The molecule has 17 heavy (non-hydrogen) atoms. The van der Waals surface area contributed by atoms with Crippen LogP contribution >= 0.6 is 34.8 Å². The van der Waals surface area contributed by atoms with Gasteiger partial charge >= 0.3 is 0 Å². The lowest BCUT2D eigenvalue weighted by atomic mass is 9.90. The Bertz CT molecular complexity index is 447. The van der Waals surface area contributed by atoms with Gasteiger partial charge in [-0.25, -0.2) is 0 Å². The molecule has 0 aromatic heterocycles. The van der Waals surface area contributed by atoms with E-state index in [-0.39, 0.29) is 6.61 Å². The van der Waals surface area contributed by atoms with E-state index in [1.54, 1.807) is 24.3 Å². The number of fused-ring (bicyclic) bond motifs is 1. The first-order chi connectivity index (χ1) is 7.91. The highest BCUT2D eigenvalue weighted by Gasteiger charge is 2.50. The normalized spacial score (nSPS) is 23.7. The monoisotopic (exact) mass is 295 g/mol. The van der Waals surface area contributed by atoms with Gasteiger partial charge in [-0.3, -0.25) is 10.1 Å². The fourth-order valence-electron chi connectivity index (χ4n) is 1.92. The average Bonchev–Trinajstić information content (AvgIpc) is 2.26. The van der Waals surface area contributed by atoms with Gasteiger partial charge in [0.25, 0.3) is 6.04 Å². The molecule has 0 radical (unpaired) electrons. The number of halogens is 3. The molecule has 2 atom stereocenters. The number of rotatable bonds is 1. The van der Waals surface area contributed by atoms with E-state index < -0.39 is 20.7 Å². The van der Waals surface area contributed by atoms with Gasteiger partial charge < -0.3 is 4.74 Å². The Morgan fingerprint density at radius 3 is 2.59 bits per heavy atom. The number of hydrogen-bond acceptors (Lipinski definition) is 3. The number of hydrogen-bond donors (Lipinski definition) is 0. The van der Waals surface area contributed by atoms with E-state index in [0.717, 1.165) is 0 Å². The van der Waals surface area contributed by atoms with Crippen molar-refractivity contribution in [2.24, 2.45) is 0 Å². The van der Waals surface area contributed by atoms with Crippen molar-refractivity contribution in [2.45, 2.75) is 15.8 Å². The lowest BCUT2D eigenvalue weighted by Crippen LogP contribution is -2.42. The molecular formula is C10H8Cl3NO3. The zero-order valence-corrected chi connectivity index (χ0v) is 10.7. The second-order valence-electron chi connectivity index (χ2n) is 3.72. The Hall–Kier alpha value is -0.710. The van der Waals surface area contributed by atoms with Crippen LogP contribution in [0.2, 0.25) is 0 Å². The number of alkyl halides is 3. The molecular weight excluding hydrogens is 288 g/mol. The zero-order valence-electron chi connectivity index (χ0n) is 8.48. The van der Waals surface area contributed by atoms with Crippen LogP contribution in [0.4, 0.5) is 0 Å². The summed E-state index contributed by atoms with van der Waals surface area (Å²) in [6, 6.07) is 5.82. The first-order valence-electron chi connectivity index (χ1n) is 4.83. The topological polar surface area (TPSA) is 52.4 Å². The minimum Gasteiger partial charge on any atom is -0.486 e. The van der Waals surface area contributed by atoms with Crippen LogP contribution in [0.15, 0.2) is 24.3 Å². The first kappa shape index (κ1) is 12.7. The summed E-state index contributed by atoms with van der Waals surface area (Å²) < 4.78 is 3.57. The first-order valence-corrected chi connectivity index (χ1v) is 5.96. The van der Waals surface area contributed by atoms with Crippen LogP contribution in [0.3, 0.4) is 0 Å². The van der Waals surface area contributed by atoms with Crippen LogP contribution in [0, 0.1) is 10.1 Å². The van der Waals surface area contributed by atoms with Gasteiger partial charge in [0, 0.05) is 10.5 Å². The molecule has 1 aliphatic rings. The number of benzene rings is 1. The van der Waals surface area contributed by atoms with E-state index in [4.69, 9.17) is 39.5 Å². The quantitative estimate of drug-likeness (QED) is 0.454. The number of ether oxygens (including phenoxy) is 1. The third-order valence-corrected chi connectivity index (χ3v) is 3.38. The van der Waals surface area contributed by atoms with Crippen LogP contribution < -0.4 is 4.74 Å². The van der Waals surface area contributed by atoms with E-state index in [1.807, 2.05) is 0 Å². The van der Waals surface area contributed by atoms with Gasteiger partial charge in [0.2, 0.25) is 3.79 Å². The third kappa shape index (κ3) is 2.44. The lowest BCUT2D eigenvalue weighted by molar-refractivity contribution is -0.530. The molecule has 1 heterocycles. The molecule has 0 amide bonds. The Balaban J connectivity index is 2.50. The maximum absolute atomic E-state index is 11.0. The van der Waals surface area contributed by atoms with Crippen LogP contribution in [0.1, 0.15) is 11.5 Å². The Morgan fingerprint density at radius 1 is 1.35 bits per heavy atom. The molecule has 1 aliphatic heterocycles. The van der Waals surface area contributed by atoms with Gasteiger partial charge in [-0.1, -0.05) is 53.0 Å². The largest absolute Gasteiger partial charge is 0.486 e. The summed E-state index contributed by atoms with van der Waals surface area (Å²) in [5.41, 5.74) is 0.556. The summed E-state index contributed by atoms with van der Waals surface area (Å²) in [5.74, 6) is -0.283. The highest BCUT2D eigenvalue weighted by molar-refractivity contribution is 6.68. The molecule has 0 bridgehead atoms. The summed E-state index contributed by atoms with van der Waals surface area (Å²) in [5, 5.41) is 11.0. The standard InChI is InChI=1S/C10H8Cl3NO3/c11-10(12,13)9-6-3-1-2-4-8(6)17-5-7(9)14(15)16/h1-4,7,9H,5H2. The van der Waals surface area contributed by atoms with Crippen molar-refractivity contribution in [3.8, 4) is 5.75 Å². The van der Waals surface area contributed by atoms with Crippen LogP contribution in [-0.4, -0.2) is 21.4 Å². The maximum atomic E-state index is 11.0. The molecule has 0 N–H and O–H groups in total. The Labute approximate surface area is 113 Å². The summed E-state index contributed by atoms with van der Waals surface area (Å²) >= 11 is 17.5. The molecule has 92 valence electrons. The molecule has 1 aromatic rings. The van der Waals surface area contributed by atoms with E-state index in [9.17, 15) is 10.1 Å². The predicted octanol–water partition coefficient (Wildman–Crippen LogP) is 3.18. The summed E-state index contributed by atoms with van der Waals surface area (Å²) in [6.45, 7) is -0.0947. The second kappa shape index (κ2) is 4.52. The molecule has 0 fully saturated rings. The molecule has 2 rings (SSSR count). The number of para-hydroxylation sites is 1. The predicted molar refractivity (Wildman–Crippen MR) is 65.8 cm³/mol. The van der Waals surface area contributed by atoms with Crippen molar-refractivity contribution in [2.75, 3.05) is 6.61 Å². The number of nitro groups is 1. The molecule has 4 nitrogen and oxygen atoms in total. The Morgan fingerprint density at radius 2 is 2.00 bits per heavy atom. The fraction of sp³-hybridized carbons (Fsp3) is 0.400. The van der Waals surface area contributed by atoms with Gasteiger partial charge in [-0.2, -0.15) is 0 Å². The van der Waals surface area contributed by atoms with Crippen molar-refractivity contribution in [3.63, 3.8) is 0 Å². The molecule has 2 unspecified atom stereocenters. The maximum Gasteiger partial charge on any atom is 0.257 e. The van der Waals surface area contributed by atoms with Gasteiger partial charge in [-0.15, -0.1) is 0 Å². The van der Waals surface area contributed by atoms with E-state index in [0.29, 0.717) is 11.3 Å². The Kier molecular flexibility index (Phi) is 3.39. The molecule has 7 heteroatoms. The van der Waals surface area contributed by atoms with Crippen molar-refractivity contribution in [3.05, 3.63) is 39.9 Å². The summed E-state index contributed by atoms with van der Waals surface area (Å²) in [4.78, 5) is 10.5. The van der Waals surface area contributed by atoms with Crippen molar-refractivity contribution >= 4 is 34.8 Å². The van der Waals surface area contributed by atoms with Crippen molar-refractivity contribution in [1.82, 2.24) is 0 Å². The van der Waals surface area contributed by atoms with Crippen molar-refractivity contribution < 1.29 is 9.66 Å². The van der Waals surface area contributed by atoms with Gasteiger partial charge in [0.1, 0.15) is 11.7 Å². The summed E-state index contributed by atoms with van der Waals surface area (Å²) in [6.07, 6.45) is 0. The third-order valence-electron chi connectivity index (χ3n) is 2.67. The fourth-order valence-corrected chi connectivity index (χ4v) is 2.71. The minimum absolute atomic E-state index is 0.0947. The van der Waals surface area contributed by atoms with Crippen LogP contribution in [0.25, 0.3) is 0 Å². The smallest absolute Gasteiger partial charge is 0.257 e. The highest BCUT2D eigenvalue weighted by Crippen LogP contribution is 2.48. The van der Waals surface area contributed by atoms with Gasteiger partial charge in [-0.05, 0) is 6.07 Å². The van der Waals surface area contributed by atoms with Gasteiger partial charge in [0.05, 0.1) is 0 Å². The van der Waals surface area contributed by atoms with Crippen molar-refractivity contribution in [1.29, 1.82) is 0 Å². The average molecular weight is 297 g/mol. The SMILES string of the molecule is O=[N+]([O-])C1COc2ccccc2C1C(Cl)(Cl)Cl. The molecule has 0 aliphatic carbocycles. The van der Waals surface area contributed by atoms with Crippen LogP contribution in [-0.2, 0) is 0 Å². The molecule has 0 spiro atoms. The molecule has 0 saturated heterocycles.